The van der Waals surface area contributed by atoms with Gasteiger partial charge in [0, 0.05) is 49.0 Å². The molecule has 0 spiro atoms. The monoisotopic (exact) mass is 293 g/mol. The summed E-state index contributed by atoms with van der Waals surface area (Å²) in [7, 11) is 0. The van der Waals surface area contributed by atoms with Gasteiger partial charge in [0.2, 0.25) is 0 Å². The largest absolute Gasteiger partial charge is 0.369 e. The van der Waals surface area contributed by atoms with E-state index in [1.807, 2.05) is 6.07 Å². The molecule has 1 aliphatic carbocycles. The van der Waals surface area contributed by atoms with Crippen LogP contribution in [0.3, 0.4) is 0 Å². The smallest absolute Gasteiger partial charge is 0.0426 e. The van der Waals surface area contributed by atoms with E-state index in [0.717, 1.165) is 30.6 Å². The summed E-state index contributed by atoms with van der Waals surface area (Å²) < 4.78 is 0. The highest BCUT2D eigenvalue weighted by Crippen LogP contribution is 2.30. The summed E-state index contributed by atoms with van der Waals surface area (Å²) in [5, 5.41) is 0.818. The van der Waals surface area contributed by atoms with Crippen LogP contribution in [0, 0.1) is 0 Å². The number of nitrogens with zero attached hydrogens (tertiary/aromatic N) is 2. The molecule has 20 heavy (non-hydrogen) atoms. The maximum absolute atomic E-state index is 6.19. The van der Waals surface area contributed by atoms with Crippen LogP contribution in [-0.2, 0) is 6.42 Å². The summed E-state index contributed by atoms with van der Waals surface area (Å²) in [5.41, 5.74) is 8.58. The van der Waals surface area contributed by atoms with Crippen LogP contribution >= 0.6 is 11.6 Å². The second kappa shape index (κ2) is 5.92. The quantitative estimate of drug-likeness (QED) is 0.926. The van der Waals surface area contributed by atoms with Crippen molar-refractivity contribution < 1.29 is 0 Å². The van der Waals surface area contributed by atoms with Gasteiger partial charge in [0.25, 0.3) is 0 Å². The Morgan fingerprint density at radius 2 is 1.95 bits per heavy atom. The van der Waals surface area contributed by atoms with Gasteiger partial charge in [0.05, 0.1) is 0 Å². The molecule has 1 heterocycles. The van der Waals surface area contributed by atoms with E-state index in [1.165, 1.54) is 37.2 Å². The van der Waals surface area contributed by atoms with E-state index in [-0.39, 0.29) is 6.04 Å². The van der Waals surface area contributed by atoms with Crippen LogP contribution in [0.1, 0.15) is 25.3 Å². The van der Waals surface area contributed by atoms with Gasteiger partial charge in [-0.15, -0.1) is 0 Å². The molecular formula is C16H24ClN3. The van der Waals surface area contributed by atoms with Crippen LogP contribution in [0.5, 0.6) is 0 Å². The molecule has 1 atom stereocenters. The number of benzene rings is 1. The molecule has 2 N–H and O–H groups in total. The van der Waals surface area contributed by atoms with Crippen molar-refractivity contribution in [2.75, 3.05) is 31.1 Å². The molecule has 4 heteroatoms. The van der Waals surface area contributed by atoms with Crippen molar-refractivity contribution >= 4 is 17.3 Å². The summed E-state index contributed by atoms with van der Waals surface area (Å²) in [6.07, 6.45) is 3.70. The lowest BCUT2D eigenvalue weighted by Crippen LogP contribution is -2.47. The second-order valence-corrected chi connectivity index (χ2v) is 6.65. The Morgan fingerprint density at radius 3 is 2.55 bits per heavy atom. The molecule has 0 radical (unpaired) electrons. The number of hydrogen-bond donors (Lipinski definition) is 1. The van der Waals surface area contributed by atoms with Crippen molar-refractivity contribution in [3.63, 3.8) is 0 Å². The summed E-state index contributed by atoms with van der Waals surface area (Å²) in [4.78, 5) is 5.11. The zero-order valence-corrected chi connectivity index (χ0v) is 12.9. The number of halogens is 1. The highest BCUT2D eigenvalue weighted by atomic mass is 35.5. The SMILES string of the molecule is CC(N)Cc1ccc(Cl)cc1N1CCN(C2CC2)CC1. The minimum Gasteiger partial charge on any atom is -0.369 e. The lowest BCUT2D eigenvalue weighted by Gasteiger charge is -2.37. The van der Waals surface area contributed by atoms with Gasteiger partial charge in [-0.05, 0) is 43.9 Å². The number of rotatable bonds is 4. The maximum atomic E-state index is 6.19. The van der Waals surface area contributed by atoms with Crippen LogP contribution in [0.15, 0.2) is 18.2 Å². The van der Waals surface area contributed by atoms with Crippen molar-refractivity contribution in [2.24, 2.45) is 5.73 Å². The van der Waals surface area contributed by atoms with Crippen LogP contribution < -0.4 is 10.6 Å². The number of anilines is 1. The molecule has 0 aromatic heterocycles. The Hall–Kier alpha value is -0.770. The Bertz CT molecular complexity index is 463. The average molecular weight is 294 g/mol. The van der Waals surface area contributed by atoms with Crippen LogP contribution in [0.4, 0.5) is 5.69 Å². The van der Waals surface area contributed by atoms with Gasteiger partial charge < -0.3 is 10.6 Å². The molecule has 2 fully saturated rings. The molecule has 2 aliphatic rings. The highest BCUT2D eigenvalue weighted by molar-refractivity contribution is 6.30. The van der Waals surface area contributed by atoms with Gasteiger partial charge in [-0.1, -0.05) is 17.7 Å². The van der Waals surface area contributed by atoms with Gasteiger partial charge >= 0.3 is 0 Å². The Kier molecular flexibility index (Phi) is 4.20. The topological polar surface area (TPSA) is 32.5 Å². The van der Waals surface area contributed by atoms with Gasteiger partial charge in [-0.25, -0.2) is 0 Å². The average Bonchev–Trinajstić information content (AvgIpc) is 3.25. The minimum atomic E-state index is 0.183. The fraction of sp³-hybridized carbons (Fsp3) is 0.625. The Labute approximate surface area is 126 Å². The first-order valence-corrected chi connectivity index (χ1v) is 8.04. The van der Waals surface area contributed by atoms with Crippen molar-refractivity contribution in [1.82, 2.24) is 4.90 Å². The van der Waals surface area contributed by atoms with Crippen molar-refractivity contribution in [3.8, 4) is 0 Å². The molecule has 1 aromatic rings. The molecule has 0 amide bonds. The maximum Gasteiger partial charge on any atom is 0.0426 e. The summed E-state index contributed by atoms with van der Waals surface area (Å²) in [6, 6.07) is 7.27. The predicted octanol–water partition coefficient (Wildman–Crippen LogP) is 2.51. The van der Waals surface area contributed by atoms with Gasteiger partial charge in [-0.2, -0.15) is 0 Å². The van der Waals surface area contributed by atoms with Crippen LogP contribution in [0.25, 0.3) is 0 Å². The molecule has 0 bridgehead atoms. The number of nitrogens with two attached hydrogens (primary N) is 1. The van der Waals surface area contributed by atoms with E-state index in [2.05, 4.69) is 28.9 Å². The number of hydrogen-bond acceptors (Lipinski definition) is 3. The first-order valence-electron chi connectivity index (χ1n) is 7.66. The van der Waals surface area contributed by atoms with E-state index in [4.69, 9.17) is 17.3 Å². The van der Waals surface area contributed by atoms with Crippen LogP contribution in [0.2, 0.25) is 5.02 Å². The van der Waals surface area contributed by atoms with E-state index in [0.29, 0.717) is 0 Å². The lowest BCUT2D eigenvalue weighted by atomic mass is 10.0. The predicted molar refractivity (Wildman–Crippen MR) is 85.6 cm³/mol. The van der Waals surface area contributed by atoms with Gasteiger partial charge in [-0.3, -0.25) is 4.90 Å². The van der Waals surface area contributed by atoms with E-state index < -0.39 is 0 Å². The third-order valence-corrected chi connectivity index (χ3v) is 4.54. The lowest BCUT2D eigenvalue weighted by molar-refractivity contribution is 0.248. The molecule has 1 aliphatic heterocycles. The Morgan fingerprint density at radius 1 is 1.25 bits per heavy atom. The summed E-state index contributed by atoms with van der Waals surface area (Å²) in [6.45, 7) is 6.61. The second-order valence-electron chi connectivity index (χ2n) is 6.21. The van der Waals surface area contributed by atoms with Gasteiger partial charge in [0.1, 0.15) is 0 Å². The van der Waals surface area contributed by atoms with Crippen molar-refractivity contribution in [1.29, 1.82) is 0 Å². The fourth-order valence-corrected chi connectivity index (χ4v) is 3.28. The van der Waals surface area contributed by atoms with E-state index in [1.54, 1.807) is 0 Å². The zero-order valence-electron chi connectivity index (χ0n) is 12.2. The van der Waals surface area contributed by atoms with Crippen LogP contribution in [-0.4, -0.2) is 43.2 Å². The minimum absolute atomic E-state index is 0.183. The zero-order chi connectivity index (χ0) is 14.1. The molecule has 1 unspecified atom stereocenters. The number of piperazine rings is 1. The molecule has 1 aromatic carbocycles. The summed E-state index contributed by atoms with van der Waals surface area (Å²) in [5.74, 6) is 0. The van der Waals surface area contributed by atoms with Crippen molar-refractivity contribution in [2.45, 2.75) is 38.3 Å². The molecule has 3 rings (SSSR count). The molecule has 1 saturated heterocycles. The van der Waals surface area contributed by atoms with Gasteiger partial charge in [0.15, 0.2) is 0 Å². The van der Waals surface area contributed by atoms with Crippen molar-refractivity contribution in [3.05, 3.63) is 28.8 Å². The third kappa shape index (κ3) is 3.27. The standard InChI is InChI=1S/C16H24ClN3/c1-12(18)10-13-2-3-14(17)11-16(13)20-8-6-19(7-9-20)15-4-5-15/h2-3,11-12,15H,4-10,18H2,1H3. The first-order chi connectivity index (χ1) is 9.63. The van der Waals surface area contributed by atoms with E-state index >= 15 is 0 Å². The molecule has 110 valence electrons. The summed E-state index contributed by atoms with van der Waals surface area (Å²) >= 11 is 6.19. The fourth-order valence-electron chi connectivity index (χ4n) is 3.12. The normalized spacial score (nSPS) is 22.1. The van der Waals surface area contributed by atoms with E-state index in [9.17, 15) is 0 Å². The third-order valence-electron chi connectivity index (χ3n) is 4.31. The molecular weight excluding hydrogens is 270 g/mol. The Balaban J connectivity index is 1.73. The molecule has 3 nitrogen and oxygen atoms in total. The first kappa shape index (κ1) is 14.2. The molecule has 1 saturated carbocycles. The highest BCUT2D eigenvalue weighted by Gasteiger charge is 2.31.